The molecule has 0 saturated heterocycles. The van der Waals surface area contributed by atoms with Crippen molar-refractivity contribution < 1.29 is 18.7 Å². The Bertz CT molecular complexity index is 750. The van der Waals surface area contributed by atoms with Crippen LogP contribution < -0.4 is 0 Å². The van der Waals surface area contributed by atoms with Gasteiger partial charge < -0.3 is 9.64 Å². The van der Waals surface area contributed by atoms with Crippen molar-refractivity contribution in [3.05, 3.63) is 69.9 Å². The first-order valence-corrected chi connectivity index (χ1v) is 8.63. The first-order valence-electron chi connectivity index (χ1n) is 7.84. The Kier molecular flexibility index (Phi) is 6.70. The van der Waals surface area contributed by atoms with E-state index in [0.29, 0.717) is 11.0 Å². The van der Waals surface area contributed by atoms with Crippen LogP contribution in [0.4, 0.5) is 4.39 Å². The molecule has 2 aromatic carbocycles. The van der Waals surface area contributed by atoms with Gasteiger partial charge in [-0.25, -0.2) is 9.18 Å². The van der Waals surface area contributed by atoms with Crippen LogP contribution in [0.1, 0.15) is 29.8 Å². The van der Waals surface area contributed by atoms with Gasteiger partial charge in [0, 0.05) is 17.1 Å². The van der Waals surface area contributed by atoms with Crippen molar-refractivity contribution in [3.63, 3.8) is 0 Å². The average Bonchev–Trinajstić information content (AvgIpc) is 2.60. The summed E-state index contributed by atoms with van der Waals surface area (Å²) in [5.74, 6) is -1.89. The second-order valence-corrected chi connectivity index (χ2v) is 6.72. The van der Waals surface area contributed by atoms with E-state index in [2.05, 4.69) is 15.9 Å². The number of rotatable bonds is 6. The average molecular weight is 408 g/mol. The molecule has 0 heterocycles. The maximum atomic E-state index is 13.7. The van der Waals surface area contributed by atoms with Gasteiger partial charge in [0.2, 0.25) is 0 Å². The molecule has 0 aliphatic carbocycles. The summed E-state index contributed by atoms with van der Waals surface area (Å²) in [7, 11) is 0. The van der Waals surface area contributed by atoms with Crippen LogP contribution in [0, 0.1) is 5.82 Å². The summed E-state index contributed by atoms with van der Waals surface area (Å²) in [4.78, 5) is 26.1. The molecule has 0 unspecified atom stereocenters. The number of hydrogen-bond acceptors (Lipinski definition) is 3. The van der Waals surface area contributed by atoms with Gasteiger partial charge in [0.25, 0.3) is 5.91 Å². The number of nitrogens with zero attached hydrogens (tertiary/aromatic N) is 1. The second-order valence-electron chi connectivity index (χ2n) is 5.80. The first kappa shape index (κ1) is 19.1. The number of benzene rings is 2. The van der Waals surface area contributed by atoms with E-state index >= 15 is 0 Å². The summed E-state index contributed by atoms with van der Waals surface area (Å²) < 4.78 is 19.3. The SMILES string of the molecule is CC(C)N(Cc1ccccc1)C(=O)COC(=O)c1cc(Br)ccc1F. The number of esters is 1. The highest BCUT2D eigenvalue weighted by Crippen LogP contribution is 2.16. The van der Waals surface area contributed by atoms with Gasteiger partial charge >= 0.3 is 5.97 Å². The van der Waals surface area contributed by atoms with Gasteiger partial charge in [0.15, 0.2) is 6.61 Å². The zero-order valence-corrected chi connectivity index (χ0v) is 15.6. The Balaban J connectivity index is 2.01. The molecule has 0 atom stereocenters. The number of carbonyl (C=O) groups excluding carboxylic acids is 2. The van der Waals surface area contributed by atoms with E-state index in [1.165, 1.54) is 18.2 Å². The largest absolute Gasteiger partial charge is 0.452 e. The fourth-order valence-electron chi connectivity index (χ4n) is 2.28. The van der Waals surface area contributed by atoms with Crippen LogP contribution >= 0.6 is 15.9 Å². The summed E-state index contributed by atoms with van der Waals surface area (Å²) in [5, 5.41) is 0. The van der Waals surface area contributed by atoms with Gasteiger partial charge in [0.05, 0.1) is 5.56 Å². The van der Waals surface area contributed by atoms with Gasteiger partial charge in [-0.3, -0.25) is 4.79 Å². The fraction of sp³-hybridized carbons (Fsp3) is 0.263. The Labute approximate surface area is 154 Å². The lowest BCUT2D eigenvalue weighted by Crippen LogP contribution is -2.39. The molecule has 0 radical (unpaired) electrons. The van der Waals surface area contributed by atoms with Crippen LogP contribution in [0.2, 0.25) is 0 Å². The summed E-state index contributed by atoms with van der Waals surface area (Å²) in [6, 6.07) is 13.5. The number of ether oxygens (including phenoxy) is 1. The highest BCUT2D eigenvalue weighted by molar-refractivity contribution is 9.10. The normalized spacial score (nSPS) is 10.6. The maximum Gasteiger partial charge on any atom is 0.341 e. The monoisotopic (exact) mass is 407 g/mol. The molecule has 6 heteroatoms. The highest BCUT2D eigenvalue weighted by Gasteiger charge is 2.20. The third-order valence-corrected chi connectivity index (χ3v) is 4.11. The quantitative estimate of drug-likeness (QED) is 0.674. The molecule has 2 rings (SSSR count). The molecule has 25 heavy (non-hydrogen) atoms. The zero-order chi connectivity index (χ0) is 18.4. The topological polar surface area (TPSA) is 46.6 Å². The van der Waals surface area contributed by atoms with Gasteiger partial charge in [0.1, 0.15) is 5.82 Å². The Morgan fingerprint density at radius 1 is 1.16 bits per heavy atom. The molecule has 0 bridgehead atoms. The van der Waals surface area contributed by atoms with Crippen molar-refractivity contribution >= 4 is 27.8 Å². The lowest BCUT2D eigenvalue weighted by atomic mass is 10.2. The lowest BCUT2D eigenvalue weighted by Gasteiger charge is -2.26. The van der Waals surface area contributed by atoms with Crippen molar-refractivity contribution in [3.8, 4) is 0 Å². The van der Waals surface area contributed by atoms with Crippen LogP contribution in [-0.4, -0.2) is 29.4 Å². The van der Waals surface area contributed by atoms with Crippen molar-refractivity contribution in [1.82, 2.24) is 4.90 Å². The summed E-state index contributed by atoms with van der Waals surface area (Å²) >= 11 is 3.17. The molecule has 4 nitrogen and oxygen atoms in total. The molecule has 0 aliphatic rings. The van der Waals surface area contributed by atoms with Crippen LogP contribution in [-0.2, 0) is 16.1 Å². The Hall–Kier alpha value is -2.21. The van der Waals surface area contributed by atoms with E-state index in [-0.39, 0.29) is 17.5 Å². The van der Waals surface area contributed by atoms with Crippen LogP contribution in [0.3, 0.4) is 0 Å². The van der Waals surface area contributed by atoms with Crippen LogP contribution in [0.5, 0.6) is 0 Å². The number of amides is 1. The highest BCUT2D eigenvalue weighted by atomic mass is 79.9. The van der Waals surface area contributed by atoms with E-state index in [1.807, 2.05) is 44.2 Å². The van der Waals surface area contributed by atoms with E-state index in [1.54, 1.807) is 4.90 Å². The number of halogens is 2. The van der Waals surface area contributed by atoms with Crippen molar-refractivity contribution in [2.45, 2.75) is 26.4 Å². The number of carbonyl (C=O) groups is 2. The predicted molar refractivity (Wildman–Crippen MR) is 96.5 cm³/mol. The fourth-order valence-corrected chi connectivity index (χ4v) is 2.64. The van der Waals surface area contributed by atoms with E-state index in [4.69, 9.17) is 4.74 Å². The minimum atomic E-state index is -0.865. The minimum Gasteiger partial charge on any atom is -0.452 e. The van der Waals surface area contributed by atoms with Crippen molar-refractivity contribution in [2.75, 3.05) is 6.61 Å². The molecule has 0 aliphatic heterocycles. The van der Waals surface area contributed by atoms with Crippen molar-refractivity contribution in [1.29, 1.82) is 0 Å². The first-order chi connectivity index (χ1) is 11.9. The molecule has 0 N–H and O–H groups in total. The standard InChI is InChI=1S/C19H19BrFNO3/c1-13(2)22(11-14-6-4-3-5-7-14)18(23)12-25-19(24)16-10-15(20)8-9-17(16)21/h3-10,13H,11-12H2,1-2H3. The summed E-state index contributed by atoms with van der Waals surface area (Å²) in [5.41, 5.74) is 0.773. The Morgan fingerprint density at radius 2 is 1.84 bits per heavy atom. The van der Waals surface area contributed by atoms with Gasteiger partial charge in [-0.05, 0) is 37.6 Å². The Morgan fingerprint density at radius 3 is 2.48 bits per heavy atom. The minimum absolute atomic E-state index is 0.0611. The number of hydrogen-bond donors (Lipinski definition) is 0. The predicted octanol–water partition coefficient (Wildman–Crippen LogP) is 4.18. The van der Waals surface area contributed by atoms with Crippen LogP contribution in [0.25, 0.3) is 0 Å². The second kappa shape index (κ2) is 8.76. The molecular weight excluding hydrogens is 389 g/mol. The lowest BCUT2D eigenvalue weighted by molar-refractivity contribution is -0.136. The molecule has 0 fully saturated rings. The molecule has 132 valence electrons. The molecule has 2 aromatic rings. The van der Waals surface area contributed by atoms with E-state index in [0.717, 1.165) is 5.56 Å². The summed E-state index contributed by atoms with van der Waals surface area (Å²) in [6.45, 7) is 3.75. The van der Waals surface area contributed by atoms with Crippen LogP contribution in [0.15, 0.2) is 53.0 Å². The third-order valence-electron chi connectivity index (χ3n) is 3.61. The van der Waals surface area contributed by atoms with E-state index < -0.39 is 18.4 Å². The smallest absolute Gasteiger partial charge is 0.341 e. The third kappa shape index (κ3) is 5.39. The summed E-state index contributed by atoms with van der Waals surface area (Å²) in [6.07, 6.45) is 0. The molecule has 0 aromatic heterocycles. The zero-order valence-electron chi connectivity index (χ0n) is 14.0. The van der Waals surface area contributed by atoms with E-state index in [9.17, 15) is 14.0 Å². The molecular formula is C19H19BrFNO3. The maximum absolute atomic E-state index is 13.7. The molecule has 0 saturated carbocycles. The van der Waals surface area contributed by atoms with Gasteiger partial charge in [-0.15, -0.1) is 0 Å². The van der Waals surface area contributed by atoms with Crippen molar-refractivity contribution in [2.24, 2.45) is 0 Å². The molecule has 0 spiro atoms. The molecule has 1 amide bonds. The van der Waals surface area contributed by atoms with Gasteiger partial charge in [-0.2, -0.15) is 0 Å². The van der Waals surface area contributed by atoms with Gasteiger partial charge in [-0.1, -0.05) is 46.3 Å².